The number of nitrogens with one attached hydrogen (secondary N) is 1. The third kappa shape index (κ3) is 5.32. The zero-order valence-electron chi connectivity index (χ0n) is 19.9. The normalized spacial score (nSPS) is 15.1. The summed E-state index contributed by atoms with van der Waals surface area (Å²) in [6.45, 7) is 2.23. The Morgan fingerprint density at radius 2 is 2.11 bits per heavy atom. The molecule has 1 amide bonds. The molecule has 4 aromatic rings. The Morgan fingerprint density at radius 3 is 2.89 bits per heavy atom. The Hall–Kier alpha value is -3.83. The van der Waals surface area contributed by atoms with E-state index in [1.165, 1.54) is 23.2 Å². The van der Waals surface area contributed by atoms with Gasteiger partial charge in [-0.25, -0.2) is 10.4 Å². The van der Waals surface area contributed by atoms with Crippen molar-refractivity contribution in [2.45, 2.75) is 31.3 Å². The summed E-state index contributed by atoms with van der Waals surface area (Å²) in [4.78, 5) is 43.5. The molecular weight excluding hydrogens is 510 g/mol. The van der Waals surface area contributed by atoms with Crippen LogP contribution in [-0.4, -0.2) is 32.3 Å². The highest BCUT2D eigenvalue weighted by molar-refractivity contribution is 7.99. The van der Waals surface area contributed by atoms with Crippen LogP contribution in [0.3, 0.4) is 0 Å². The lowest BCUT2D eigenvalue weighted by Crippen LogP contribution is -2.24. The van der Waals surface area contributed by atoms with E-state index in [1.807, 2.05) is 30.3 Å². The van der Waals surface area contributed by atoms with Crippen LogP contribution >= 0.6 is 23.1 Å². The summed E-state index contributed by atoms with van der Waals surface area (Å²) in [7, 11) is 0. The number of non-ortho nitro benzene ring substituents is 1. The number of hydrazone groups is 1. The minimum Gasteiger partial charge on any atom is -0.272 e. The van der Waals surface area contributed by atoms with E-state index in [2.05, 4.69) is 17.5 Å². The van der Waals surface area contributed by atoms with Gasteiger partial charge in [-0.1, -0.05) is 49.0 Å². The van der Waals surface area contributed by atoms with Crippen LogP contribution < -0.4 is 11.0 Å². The van der Waals surface area contributed by atoms with Crippen LogP contribution in [0.2, 0.25) is 0 Å². The number of fused-ring (bicyclic) bond motifs is 3. The second-order valence-corrected chi connectivity index (χ2v) is 10.9. The largest absolute Gasteiger partial charge is 0.272 e. The number of nitro groups is 1. The Morgan fingerprint density at radius 1 is 1.30 bits per heavy atom. The molecule has 1 N–H and O–H groups in total. The van der Waals surface area contributed by atoms with E-state index in [1.54, 1.807) is 28.0 Å². The molecule has 0 fully saturated rings. The molecule has 2 heterocycles. The van der Waals surface area contributed by atoms with Gasteiger partial charge in [-0.3, -0.25) is 24.3 Å². The number of aromatic nitrogens is 2. The number of amides is 1. The van der Waals surface area contributed by atoms with E-state index in [-0.39, 0.29) is 22.9 Å². The van der Waals surface area contributed by atoms with Crippen molar-refractivity contribution >= 4 is 51.1 Å². The second kappa shape index (κ2) is 10.7. The molecule has 37 heavy (non-hydrogen) atoms. The van der Waals surface area contributed by atoms with Crippen molar-refractivity contribution in [2.75, 3.05) is 5.75 Å². The standard InChI is InChI=1S/C26H23N5O4S2/c1-16-10-11-20-21(12-16)37-24-23(20)25(33)30(18-7-3-2-4-8-18)26(28-24)36-15-22(32)29-27-14-17-6-5-9-19(13-17)31(34)35/h2-9,13-14,16H,10-12,15H2,1H3,(H,29,32)/b27-14+. The molecule has 1 aliphatic rings. The summed E-state index contributed by atoms with van der Waals surface area (Å²) >= 11 is 2.74. The SMILES string of the molecule is CC1CCc2c(sc3nc(SCC(=O)N/N=C/c4cccc([N+](=O)[O-])c4)n(-c4ccccc4)c(=O)c23)C1. The van der Waals surface area contributed by atoms with Crippen LogP contribution in [0, 0.1) is 16.0 Å². The lowest BCUT2D eigenvalue weighted by Gasteiger charge is -2.17. The first-order valence-corrected chi connectivity index (χ1v) is 13.5. The van der Waals surface area contributed by atoms with Crippen molar-refractivity contribution in [3.05, 3.63) is 91.1 Å². The number of benzene rings is 2. The molecule has 0 aliphatic heterocycles. The number of nitro benzene ring substituents is 1. The van der Waals surface area contributed by atoms with Gasteiger partial charge in [0.2, 0.25) is 0 Å². The van der Waals surface area contributed by atoms with Crippen molar-refractivity contribution in [2.24, 2.45) is 11.0 Å². The number of hydrogen-bond acceptors (Lipinski definition) is 8. The highest BCUT2D eigenvalue weighted by Crippen LogP contribution is 2.37. The molecule has 0 bridgehead atoms. The average Bonchev–Trinajstić information content (AvgIpc) is 3.25. The number of carbonyl (C=O) groups is 1. The number of carbonyl (C=O) groups excluding carboxylic acids is 1. The maximum atomic E-state index is 13.8. The number of aryl methyl sites for hydroxylation is 1. The molecular formula is C26H23N5O4S2. The first-order chi connectivity index (χ1) is 17.9. The summed E-state index contributed by atoms with van der Waals surface area (Å²) in [6, 6.07) is 15.2. The van der Waals surface area contributed by atoms with Crippen LogP contribution in [-0.2, 0) is 17.6 Å². The average molecular weight is 534 g/mol. The van der Waals surface area contributed by atoms with Crippen LogP contribution in [0.4, 0.5) is 5.69 Å². The lowest BCUT2D eigenvalue weighted by atomic mass is 9.89. The number of para-hydroxylation sites is 1. The fraction of sp³-hybridized carbons (Fsp3) is 0.231. The smallest absolute Gasteiger partial charge is 0.270 e. The molecule has 2 aromatic heterocycles. The number of thioether (sulfide) groups is 1. The van der Waals surface area contributed by atoms with Crippen molar-refractivity contribution in [3.63, 3.8) is 0 Å². The zero-order valence-corrected chi connectivity index (χ0v) is 21.6. The molecule has 1 atom stereocenters. The Balaban J connectivity index is 1.39. The third-order valence-corrected chi connectivity index (χ3v) is 8.22. The van der Waals surface area contributed by atoms with Gasteiger partial charge in [-0.2, -0.15) is 5.10 Å². The third-order valence-electron chi connectivity index (χ3n) is 6.13. The summed E-state index contributed by atoms with van der Waals surface area (Å²) < 4.78 is 1.58. The predicted octanol–water partition coefficient (Wildman–Crippen LogP) is 4.72. The summed E-state index contributed by atoms with van der Waals surface area (Å²) in [5.41, 5.74) is 4.55. The molecule has 11 heteroatoms. The van der Waals surface area contributed by atoms with Crippen LogP contribution in [0.15, 0.2) is 69.6 Å². The van der Waals surface area contributed by atoms with Gasteiger partial charge in [0.15, 0.2) is 5.16 Å². The van der Waals surface area contributed by atoms with Gasteiger partial charge in [0.05, 0.1) is 28.0 Å². The van der Waals surface area contributed by atoms with E-state index in [9.17, 15) is 19.7 Å². The topological polar surface area (TPSA) is 119 Å². The molecule has 1 aliphatic carbocycles. The number of thiophene rings is 1. The minimum atomic E-state index is -0.493. The van der Waals surface area contributed by atoms with Crippen LogP contribution in [0.5, 0.6) is 0 Å². The summed E-state index contributed by atoms with van der Waals surface area (Å²) in [5.74, 6) is 0.177. The van der Waals surface area contributed by atoms with E-state index < -0.39 is 4.92 Å². The van der Waals surface area contributed by atoms with Crippen molar-refractivity contribution in [1.82, 2.24) is 15.0 Å². The van der Waals surface area contributed by atoms with Crippen LogP contribution in [0.25, 0.3) is 15.9 Å². The molecule has 0 radical (unpaired) electrons. The quantitative estimate of drug-likeness (QED) is 0.121. The molecule has 0 spiro atoms. The molecule has 1 unspecified atom stereocenters. The minimum absolute atomic E-state index is 0.0147. The van der Waals surface area contributed by atoms with E-state index >= 15 is 0 Å². The first kappa shape index (κ1) is 24.8. The zero-order chi connectivity index (χ0) is 25.9. The summed E-state index contributed by atoms with van der Waals surface area (Å²) in [5, 5.41) is 16.0. The summed E-state index contributed by atoms with van der Waals surface area (Å²) in [6.07, 6.45) is 4.22. The van der Waals surface area contributed by atoms with Gasteiger partial charge in [0, 0.05) is 22.6 Å². The van der Waals surface area contributed by atoms with Gasteiger partial charge in [-0.05, 0) is 42.9 Å². The number of nitrogens with zero attached hydrogens (tertiary/aromatic N) is 4. The highest BCUT2D eigenvalue weighted by atomic mass is 32.2. The number of hydrogen-bond donors (Lipinski definition) is 1. The molecule has 2 aromatic carbocycles. The van der Waals surface area contributed by atoms with Crippen molar-refractivity contribution in [3.8, 4) is 5.69 Å². The Labute approximate surface area is 220 Å². The monoisotopic (exact) mass is 533 g/mol. The van der Waals surface area contributed by atoms with Crippen LogP contribution in [0.1, 0.15) is 29.3 Å². The molecule has 188 valence electrons. The fourth-order valence-electron chi connectivity index (χ4n) is 4.33. The van der Waals surface area contributed by atoms with Gasteiger partial charge in [-0.15, -0.1) is 11.3 Å². The van der Waals surface area contributed by atoms with Gasteiger partial charge < -0.3 is 0 Å². The Kier molecular flexibility index (Phi) is 7.15. The van der Waals surface area contributed by atoms with E-state index in [0.29, 0.717) is 32.5 Å². The predicted molar refractivity (Wildman–Crippen MR) is 146 cm³/mol. The molecule has 0 saturated carbocycles. The second-order valence-electron chi connectivity index (χ2n) is 8.84. The first-order valence-electron chi connectivity index (χ1n) is 11.7. The van der Waals surface area contributed by atoms with Crippen molar-refractivity contribution in [1.29, 1.82) is 0 Å². The molecule has 9 nitrogen and oxygen atoms in total. The Bertz CT molecular complexity index is 1580. The maximum Gasteiger partial charge on any atom is 0.270 e. The van der Waals surface area contributed by atoms with Crippen molar-refractivity contribution < 1.29 is 9.72 Å². The van der Waals surface area contributed by atoms with Gasteiger partial charge in [0.1, 0.15) is 4.83 Å². The molecule has 0 saturated heterocycles. The van der Waals surface area contributed by atoms with Gasteiger partial charge >= 0.3 is 0 Å². The maximum absolute atomic E-state index is 13.8. The van der Waals surface area contributed by atoms with E-state index in [4.69, 9.17) is 4.98 Å². The highest BCUT2D eigenvalue weighted by Gasteiger charge is 2.25. The fourth-order valence-corrected chi connectivity index (χ4v) is 6.56. The van der Waals surface area contributed by atoms with E-state index in [0.717, 1.165) is 36.6 Å². The molecule has 5 rings (SSSR count). The number of rotatable bonds is 7. The lowest BCUT2D eigenvalue weighted by molar-refractivity contribution is -0.384. The van der Waals surface area contributed by atoms with Gasteiger partial charge in [0.25, 0.3) is 17.2 Å².